The van der Waals surface area contributed by atoms with Crippen LogP contribution >= 0.6 is 0 Å². The third kappa shape index (κ3) is 3.22. The zero-order chi connectivity index (χ0) is 17.6. The first kappa shape index (κ1) is 16.7. The summed E-state index contributed by atoms with van der Waals surface area (Å²) in [6.45, 7) is 8.29. The van der Waals surface area contributed by atoms with Gasteiger partial charge in [0.1, 0.15) is 11.6 Å². The highest BCUT2D eigenvalue weighted by Gasteiger charge is 2.38. The van der Waals surface area contributed by atoms with Gasteiger partial charge in [-0.15, -0.1) is 0 Å². The number of nitrogens with zero attached hydrogens (tertiary/aromatic N) is 1. The first-order valence-electron chi connectivity index (χ1n) is 9.53. The lowest BCUT2D eigenvalue weighted by Crippen LogP contribution is -2.49. The first-order chi connectivity index (χ1) is 11.9. The molecule has 5 heteroatoms. The molecule has 2 N–H and O–H groups in total. The van der Waals surface area contributed by atoms with Gasteiger partial charge in [-0.3, -0.25) is 0 Å². The fourth-order valence-electron chi connectivity index (χ4n) is 4.19. The quantitative estimate of drug-likeness (QED) is 0.808. The van der Waals surface area contributed by atoms with Crippen LogP contribution < -0.4 is 15.5 Å². The minimum absolute atomic E-state index is 0.170. The van der Waals surface area contributed by atoms with E-state index in [1.165, 1.54) is 30.5 Å². The molecule has 2 heterocycles. The Morgan fingerprint density at radius 1 is 1.28 bits per heavy atom. The third-order valence-corrected chi connectivity index (χ3v) is 5.51. The molecule has 2 atom stereocenters. The van der Waals surface area contributed by atoms with E-state index in [4.69, 9.17) is 4.74 Å². The molecule has 0 amide bonds. The van der Waals surface area contributed by atoms with Gasteiger partial charge in [0.05, 0.1) is 11.4 Å². The van der Waals surface area contributed by atoms with Crippen molar-refractivity contribution in [2.75, 3.05) is 29.9 Å². The van der Waals surface area contributed by atoms with Crippen LogP contribution in [0.5, 0.6) is 0 Å². The van der Waals surface area contributed by atoms with Gasteiger partial charge in [-0.05, 0) is 51.2 Å². The van der Waals surface area contributed by atoms with Crippen LogP contribution in [0.2, 0.25) is 0 Å². The molecule has 4 rings (SSSR count). The summed E-state index contributed by atoms with van der Waals surface area (Å²) in [6, 6.07) is 6.57. The number of ether oxygens (including phenoxy) is 1. The predicted molar refractivity (Wildman–Crippen MR) is 100.0 cm³/mol. The van der Waals surface area contributed by atoms with E-state index in [9.17, 15) is 4.79 Å². The van der Waals surface area contributed by atoms with Crippen molar-refractivity contribution in [3.8, 4) is 0 Å². The molecule has 1 aromatic rings. The monoisotopic (exact) mass is 343 g/mol. The highest BCUT2D eigenvalue weighted by atomic mass is 16.6. The maximum absolute atomic E-state index is 12.6. The first-order valence-corrected chi connectivity index (χ1v) is 9.53. The number of rotatable bonds is 2. The summed E-state index contributed by atoms with van der Waals surface area (Å²) in [4.78, 5) is 14.9. The van der Waals surface area contributed by atoms with Crippen molar-refractivity contribution in [3.63, 3.8) is 0 Å². The summed E-state index contributed by atoms with van der Waals surface area (Å²) >= 11 is 0. The molecule has 0 spiro atoms. The molecule has 1 saturated carbocycles. The number of esters is 1. The van der Waals surface area contributed by atoms with Crippen molar-refractivity contribution in [2.24, 2.45) is 5.92 Å². The Kier molecular flexibility index (Phi) is 4.14. The summed E-state index contributed by atoms with van der Waals surface area (Å²) in [7, 11) is 0. The predicted octanol–water partition coefficient (Wildman–Crippen LogP) is 3.07. The van der Waals surface area contributed by atoms with Crippen LogP contribution in [-0.2, 0) is 9.53 Å². The molecule has 2 unspecified atom stereocenters. The molecule has 1 fully saturated rings. The molecule has 5 nitrogen and oxygen atoms in total. The molecule has 0 saturated heterocycles. The standard InChI is InChI=1S/C20H29N3O2/c1-20(2,3)25-19(24)16-12-23-11-10-21-17(13-6-4-7-13)14-8-5-9-15(22-16)18(14)23/h5,8-9,13,16-17,21-22H,4,6-7,10-12H2,1-3H3. The van der Waals surface area contributed by atoms with Crippen molar-refractivity contribution in [3.05, 3.63) is 23.8 Å². The smallest absolute Gasteiger partial charge is 0.330 e. The van der Waals surface area contributed by atoms with Crippen molar-refractivity contribution in [1.29, 1.82) is 0 Å². The molecule has 25 heavy (non-hydrogen) atoms. The molecule has 1 aliphatic carbocycles. The lowest BCUT2D eigenvalue weighted by atomic mass is 9.76. The molecule has 0 aromatic heterocycles. The van der Waals surface area contributed by atoms with E-state index >= 15 is 0 Å². The Bertz CT molecular complexity index is 663. The Balaban J connectivity index is 1.63. The number of carbonyl (C=O) groups is 1. The van der Waals surface area contributed by atoms with Gasteiger partial charge in [-0.25, -0.2) is 4.79 Å². The SMILES string of the molecule is CC(C)(C)OC(=O)C1CN2CCNC(C3CCC3)c3cccc(c32)N1. The number of hydrogen-bond acceptors (Lipinski definition) is 5. The minimum atomic E-state index is -0.462. The van der Waals surface area contributed by atoms with E-state index in [1.807, 2.05) is 20.8 Å². The van der Waals surface area contributed by atoms with Crippen molar-refractivity contribution in [2.45, 2.75) is 57.7 Å². The number of benzene rings is 1. The van der Waals surface area contributed by atoms with Gasteiger partial charge in [0.2, 0.25) is 0 Å². The lowest BCUT2D eigenvalue weighted by molar-refractivity contribution is -0.155. The molecule has 0 bridgehead atoms. The molecule has 0 radical (unpaired) electrons. The average Bonchev–Trinajstić information content (AvgIpc) is 2.66. The Labute approximate surface area is 150 Å². The van der Waals surface area contributed by atoms with Crippen LogP contribution in [-0.4, -0.2) is 37.2 Å². The molecular weight excluding hydrogens is 314 g/mol. The third-order valence-electron chi connectivity index (χ3n) is 5.51. The topological polar surface area (TPSA) is 53.6 Å². The zero-order valence-corrected chi connectivity index (χ0v) is 15.5. The fourth-order valence-corrected chi connectivity index (χ4v) is 4.19. The molecular formula is C20H29N3O2. The summed E-state index contributed by atoms with van der Waals surface area (Å²) in [6.07, 6.45) is 3.98. The highest BCUT2D eigenvalue weighted by molar-refractivity contribution is 5.87. The minimum Gasteiger partial charge on any atom is -0.458 e. The van der Waals surface area contributed by atoms with E-state index in [1.54, 1.807) is 0 Å². The van der Waals surface area contributed by atoms with Gasteiger partial charge in [0.15, 0.2) is 0 Å². The average molecular weight is 343 g/mol. The molecule has 1 aromatic carbocycles. The van der Waals surface area contributed by atoms with Gasteiger partial charge >= 0.3 is 5.97 Å². The van der Waals surface area contributed by atoms with Crippen LogP contribution in [0.4, 0.5) is 11.4 Å². The van der Waals surface area contributed by atoms with Gasteiger partial charge in [-0.2, -0.15) is 0 Å². The highest BCUT2D eigenvalue weighted by Crippen LogP contribution is 2.45. The Morgan fingerprint density at radius 3 is 2.76 bits per heavy atom. The number of para-hydroxylation sites is 1. The summed E-state index contributed by atoms with van der Waals surface area (Å²) in [5.41, 5.74) is 3.27. The van der Waals surface area contributed by atoms with E-state index < -0.39 is 5.60 Å². The van der Waals surface area contributed by atoms with Gasteiger partial charge in [0.25, 0.3) is 0 Å². The van der Waals surface area contributed by atoms with Crippen molar-refractivity contribution < 1.29 is 9.53 Å². The second-order valence-corrected chi connectivity index (χ2v) is 8.54. The molecule has 3 aliphatic rings. The van der Waals surface area contributed by atoms with E-state index in [2.05, 4.69) is 33.7 Å². The summed E-state index contributed by atoms with van der Waals surface area (Å²) in [5.74, 6) is 0.575. The molecule has 2 aliphatic heterocycles. The lowest BCUT2D eigenvalue weighted by Gasteiger charge is -2.39. The normalized spacial score (nSPS) is 26.1. The second kappa shape index (κ2) is 6.20. The molecule has 136 valence electrons. The van der Waals surface area contributed by atoms with Crippen LogP contribution in [0.25, 0.3) is 0 Å². The zero-order valence-electron chi connectivity index (χ0n) is 15.5. The van der Waals surface area contributed by atoms with E-state index in [0.29, 0.717) is 12.6 Å². The van der Waals surface area contributed by atoms with Crippen LogP contribution in [0.3, 0.4) is 0 Å². The Morgan fingerprint density at radius 2 is 2.08 bits per heavy atom. The summed E-state index contributed by atoms with van der Waals surface area (Å²) < 4.78 is 5.61. The van der Waals surface area contributed by atoms with Crippen molar-refractivity contribution >= 4 is 17.3 Å². The number of carbonyl (C=O) groups excluding carboxylic acids is 1. The Hall–Kier alpha value is -1.75. The summed E-state index contributed by atoms with van der Waals surface area (Å²) in [5, 5.41) is 7.19. The largest absolute Gasteiger partial charge is 0.458 e. The number of hydrogen-bond donors (Lipinski definition) is 2. The van der Waals surface area contributed by atoms with Crippen LogP contribution in [0, 0.1) is 5.92 Å². The van der Waals surface area contributed by atoms with Crippen LogP contribution in [0.1, 0.15) is 51.6 Å². The van der Waals surface area contributed by atoms with Gasteiger partial charge in [0, 0.05) is 25.7 Å². The van der Waals surface area contributed by atoms with Gasteiger partial charge < -0.3 is 20.3 Å². The van der Waals surface area contributed by atoms with Gasteiger partial charge in [-0.1, -0.05) is 18.6 Å². The van der Waals surface area contributed by atoms with Crippen molar-refractivity contribution in [1.82, 2.24) is 5.32 Å². The maximum atomic E-state index is 12.6. The number of nitrogens with one attached hydrogen (secondary N) is 2. The van der Waals surface area contributed by atoms with E-state index in [-0.39, 0.29) is 12.0 Å². The van der Waals surface area contributed by atoms with E-state index in [0.717, 1.165) is 24.7 Å². The maximum Gasteiger partial charge on any atom is 0.330 e. The number of anilines is 2. The second-order valence-electron chi connectivity index (χ2n) is 8.54. The fraction of sp³-hybridized carbons (Fsp3) is 0.650. The van der Waals surface area contributed by atoms with Crippen LogP contribution in [0.15, 0.2) is 18.2 Å².